The summed E-state index contributed by atoms with van der Waals surface area (Å²) < 4.78 is 9.25. The number of carbonyl (C=O) groups is 4. The predicted octanol–water partition coefficient (Wildman–Crippen LogP) is 1.30. The SMILES string of the molecule is C=CC(=O)OC(=O)c1ccccc1C(=O)OCCC=O. The van der Waals surface area contributed by atoms with Gasteiger partial charge in [0.2, 0.25) is 0 Å². The van der Waals surface area contributed by atoms with Gasteiger partial charge in [0, 0.05) is 12.5 Å². The molecule has 0 bridgehead atoms. The van der Waals surface area contributed by atoms with Gasteiger partial charge in [-0.3, -0.25) is 0 Å². The Morgan fingerprint density at radius 3 is 2.25 bits per heavy atom. The summed E-state index contributed by atoms with van der Waals surface area (Å²) >= 11 is 0. The van der Waals surface area contributed by atoms with Crippen molar-refractivity contribution >= 4 is 24.2 Å². The quantitative estimate of drug-likeness (QED) is 0.256. The van der Waals surface area contributed by atoms with Crippen LogP contribution in [0.2, 0.25) is 0 Å². The molecule has 0 atom stereocenters. The van der Waals surface area contributed by atoms with E-state index in [2.05, 4.69) is 11.3 Å². The van der Waals surface area contributed by atoms with Gasteiger partial charge in [-0.25, -0.2) is 14.4 Å². The average molecular weight is 276 g/mol. The number of benzene rings is 1. The molecular weight excluding hydrogens is 264 g/mol. The molecule has 0 N–H and O–H groups in total. The summed E-state index contributed by atoms with van der Waals surface area (Å²) in [6.45, 7) is 3.08. The van der Waals surface area contributed by atoms with Crippen LogP contribution in [0.4, 0.5) is 0 Å². The molecule has 0 fully saturated rings. The second-order valence-electron chi connectivity index (χ2n) is 3.55. The van der Waals surface area contributed by atoms with Crippen molar-refractivity contribution in [1.29, 1.82) is 0 Å². The highest BCUT2D eigenvalue weighted by Crippen LogP contribution is 2.12. The Labute approximate surface area is 115 Å². The highest BCUT2D eigenvalue weighted by molar-refractivity contribution is 6.06. The van der Waals surface area contributed by atoms with Crippen LogP contribution in [0, 0.1) is 0 Å². The van der Waals surface area contributed by atoms with Gasteiger partial charge in [0.15, 0.2) is 0 Å². The lowest BCUT2D eigenvalue weighted by atomic mass is 10.1. The summed E-state index contributed by atoms with van der Waals surface area (Å²) in [5.74, 6) is -2.66. The van der Waals surface area contributed by atoms with Crippen molar-refractivity contribution in [3.8, 4) is 0 Å². The van der Waals surface area contributed by atoms with Crippen LogP contribution in [-0.4, -0.2) is 30.8 Å². The minimum Gasteiger partial charge on any atom is -0.462 e. The maximum Gasteiger partial charge on any atom is 0.346 e. The number of carbonyl (C=O) groups excluding carboxylic acids is 4. The van der Waals surface area contributed by atoms with E-state index in [1.165, 1.54) is 24.3 Å². The van der Waals surface area contributed by atoms with Gasteiger partial charge in [-0.1, -0.05) is 18.7 Å². The smallest absolute Gasteiger partial charge is 0.346 e. The second kappa shape index (κ2) is 7.63. The average Bonchev–Trinajstić information content (AvgIpc) is 2.47. The lowest BCUT2D eigenvalue weighted by Crippen LogP contribution is -2.16. The van der Waals surface area contributed by atoms with Gasteiger partial charge in [-0.2, -0.15) is 0 Å². The van der Waals surface area contributed by atoms with E-state index >= 15 is 0 Å². The fourth-order valence-electron chi connectivity index (χ4n) is 1.30. The minimum atomic E-state index is -0.974. The molecular formula is C14H12O6. The zero-order chi connectivity index (χ0) is 15.0. The van der Waals surface area contributed by atoms with Crippen molar-refractivity contribution in [3.05, 3.63) is 48.0 Å². The van der Waals surface area contributed by atoms with Crippen molar-refractivity contribution in [1.82, 2.24) is 0 Å². The summed E-state index contributed by atoms with van der Waals surface area (Å²) in [7, 11) is 0. The van der Waals surface area contributed by atoms with Gasteiger partial charge in [-0.05, 0) is 12.1 Å². The zero-order valence-corrected chi connectivity index (χ0v) is 10.5. The van der Waals surface area contributed by atoms with Gasteiger partial charge in [0.25, 0.3) is 0 Å². The Bertz CT molecular complexity index is 546. The Morgan fingerprint density at radius 2 is 1.70 bits per heavy atom. The van der Waals surface area contributed by atoms with Gasteiger partial charge in [0.1, 0.15) is 6.29 Å². The molecule has 0 heterocycles. The fraction of sp³-hybridized carbons (Fsp3) is 0.143. The third-order valence-electron chi connectivity index (χ3n) is 2.20. The van der Waals surface area contributed by atoms with E-state index in [1.807, 2.05) is 0 Å². The third-order valence-corrected chi connectivity index (χ3v) is 2.20. The van der Waals surface area contributed by atoms with E-state index in [0.717, 1.165) is 6.08 Å². The first kappa shape index (κ1) is 15.3. The van der Waals surface area contributed by atoms with Crippen molar-refractivity contribution in [2.75, 3.05) is 6.61 Å². The molecule has 0 saturated carbocycles. The first-order valence-corrected chi connectivity index (χ1v) is 5.68. The van der Waals surface area contributed by atoms with E-state index in [0.29, 0.717) is 6.29 Å². The first-order chi connectivity index (χ1) is 9.60. The van der Waals surface area contributed by atoms with Gasteiger partial charge >= 0.3 is 17.9 Å². The maximum atomic E-state index is 11.7. The van der Waals surface area contributed by atoms with Crippen LogP contribution in [0.3, 0.4) is 0 Å². The minimum absolute atomic E-state index is 0.0414. The summed E-state index contributed by atoms with van der Waals surface area (Å²) in [6, 6.07) is 5.73. The van der Waals surface area contributed by atoms with E-state index in [1.54, 1.807) is 0 Å². The fourth-order valence-corrected chi connectivity index (χ4v) is 1.30. The Balaban J connectivity index is 2.89. The lowest BCUT2D eigenvalue weighted by Gasteiger charge is -2.07. The van der Waals surface area contributed by atoms with Crippen LogP contribution in [0.15, 0.2) is 36.9 Å². The van der Waals surface area contributed by atoms with Crippen LogP contribution in [0.25, 0.3) is 0 Å². The standard InChI is InChI=1S/C14H12O6/c1-2-12(16)20-14(18)11-7-4-3-6-10(11)13(17)19-9-5-8-15/h2-4,6-8H,1,5,9H2. The highest BCUT2D eigenvalue weighted by Gasteiger charge is 2.20. The van der Waals surface area contributed by atoms with Crippen LogP contribution < -0.4 is 0 Å². The molecule has 1 rings (SSSR count). The number of aldehydes is 1. The molecule has 104 valence electrons. The number of rotatable bonds is 6. The van der Waals surface area contributed by atoms with E-state index in [4.69, 9.17) is 4.74 Å². The molecule has 0 aliphatic heterocycles. The summed E-state index contributed by atoms with van der Waals surface area (Å²) in [6.07, 6.45) is 1.51. The molecule has 1 aromatic rings. The normalized spacial score (nSPS) is 9.40. The van der Waals surface area contributed by atoms with Crippen LogP contribution in [-0.2, 0) is 19.1 Å². The Kier molecular flexibility index (Phi) is 5.83. The highest BCUT2D eigenvalue weighted by atomic mass is 16.6. The molecule has 20 heavy (non-hydrogen) atoms. The molecule has 0 saturated heterocycles. The predicted molar refractivity (Wildman–Crippen MR) is 68.0 cm³/mol. The molecule has 6 heteroatoms. The second-order valence-corrected chi connectivity index (χ2v) is 3.55. The van der Waals surface area contributed by atoms with Crippen molar-refractivity contribution in [2.24, 2.45) is 0 Å². The lowest BCUT2D eigenvalue weighted by molar-refractivity contribution is -0.132. The zero-order valence-electron chi connectivity index (χ0n) is 10.5. The van der Waals surface area contributed by atoms with Crippen molar-refractivity contribution < 1.29 is 28.7 Å². The summed E-state index contributed by atoms with van der Waals surface area (Å²) in [4.78, 5) is 44.6. The molecule has 0 spiro atoms. The van der Waals surface area contributed by atoms with E-state index < -0.39 is 17.9 Å². The third kappa shape index (κ3) is 4.16. The van der Waals surface area contributed by atoms with Crippen LogP contribution in [0.5, 0.6) is 0 Å². The molecule has 0 unspecified atom stereocenters. The Hall–Kier alpha value is -2.76. The molecule has 0 radical (unpaired) electrons. The molecule has 0 aromatic heterocycles. The molecule has 1 aromatic carbocycles. The number of hydrogen-bond acceptors (Lipinski definition) is 6. The number of ether oxygens (including phenoxy) is 2. The first-order valence-electron chi connectivity index (χ1n) is 5.68. The van der Waals surface area contributed by atoms with Gasteiger partial charge < -0.3 is 14.3 Å². The molecule has 0 amide bonds. The maximum absolute atomic E-state index is 11.7. The number of esters is 3. The molecule has 0 aliphatic rings. The Morgan fingerprint density at radius 1 is 1.10 bits per heavy atom. The monoisotopic (exact) mass is 276 g/mol. The number of hydrogen-bond donors (Lipinski definition) is 0. The van der Waals surface area contributed by atoms with Crippen molar-refractivity contribution in [3.63, 3.8) is 0 Å². The van der Waals surface area contributed by atoms with Gasteiger partial charge in [0.05, 0.1) is 17.7 Å². The van der Waals surface area contributed by atoms with Crippen LogP contribution >= 0.6 is 0 Å². The van der Waals surface area contributed by atoms with E-state index in [9.17, 15) is 19.2 Å². The summed E-state index contributed by atoms with van der Waals surface area (Å²) in [5, 5.41) is 0. The largest absolute Gasteiger partial charge is 0.462 e. The van der Waals surface area contributed by atoms with E-state index in [-0.39, 0.29) is 24.2 Å². The summed E-state index contributed by atoms with van der Waals surface area (Å²) in [5.41, 5.74) is -0.140. The topological polar surface area (TPSA) is 86.7 Å². The van der Waals surface area contributed by atoms with Crippen LogP contribution in [0.1, 0.15) is 27.1 Å². The van der Waals surface area contributed by atoms with Gasteiger partial charge in [-0.15, -0.1) is 0 Å². The molecule has 6 nitrogen and oxygen atoms in total. The molecule has 0 aliphatic carbocycles. The van der Waals surface area contributed by atoms with Crippen molar-refractivity contribution in [2.45, 2.75) is 6.42 Å².